The van der Waals surface area contributed by atoms with E-state index in [1.165, 1.54) is 13.0 Å². The average molecular weight is 402 g/mol. The minimum absolute atomic E-state index is 0.218. The van der Waals surface area contributed by atoms with Gasteiger partial charge in [-0.3, -0.25) is 4.79 Å². The van der Waals surface area contributed by atoms with Gasteiger partial charge in [0, 0.05) is 18.4 Å². The number of rotatable bonds is 3. The Balaban J connectivity index is 1.89. The lowest BCUT2D eigenvalue weighted by atomic mass is 9.87. The molecule has 1 fully saturated rings. The first kappa shape index (κ1) is 19.4. The maximum atomic E-state index is 12.8. The van der Waals surface area contributed by atoms with Crippen molar-refractivity contribution in [3.63, 3.8) is 0 Å². The fraction of sp³-hybridized carbons (Fsp3) is 0.476. The van der Waals surface area contributed by atoms with E-state index in [2.05, 4.69) is 0 Å². The zero-order valence-electron chi connectivity index (χ0n) is 16.8. The quantitative estimate of drug-likeness (QED) is 0.438. The van der Waals surface area contributed by atoms with Crippen LogP contribution in [-0.2, 0) is 23.8 Å². The second kappa shape index (κ2) is 6.32. The van der Waals surface area contributed by atoms with Crippen molar-refractivity contribution in [2.24, 2.45) is 0 Å². The Hall–Kier alpha value is -2.87. The molecule has 2 aliphatic heterocycles. The zero-order chi connectivity index (χ0) is 21.1. The number of carbonyl (C=O) groups excluding carboxylic acids is 2. The minimum atomic E-state index is -1.07. The third-order valence-electron chi connectivity index (χ3n) is 5.48. The fourth-order valence-corrected chi connectivity index (χ4v) is 3.63. The summed E-state index contributed by atoms with van der Waals surface area (Å²) in [6.45, 7) is 8.12. The molecule has 0 spiro atoms. The number of benzene rings is 1. The maximum Gasteiger partial charge on any atom is 0.341 e. The van der Waals surface area contributed by atoms with Crippen LogP contribution >= 0.6 is 0 Å². The Bertz CT molecular complexity index is 1070. The van der Waals surface area contributed by atoms with Gasteiger partial charge in [-0.15, -0.1) is 0 Å². The van der Waals surface area contributed by atoms with Crippen LogP contribution in [0.2, 0.25) is 0 Å². The summed E-state index contributed by atoms with van der Waals surface area (Å²) in [5.74, 6) is -0.765. The molecule has 0 N–H and O–H groups in total. The molecule has 0 saturated carbocycles. The first-order valence-electron chi connectivity index (χ1n) is 9.35. The van der Waals surface area contributed by atoms with Crippen molar-refractivity contribution in [2.45, 2.75) is 64.1 Å². The third kappa shape index (κ3) is 3.17. The summed E-state index contributed by atoms with van der Waals surface area (Å²) < 4.78 is 28.2. The van der Waals surface area contributed by atoms with E-state index in [0.29, 0.717) is 16.7 Å². The van der Waals surface area contributed by atoms with Gasteiger partial charge in [0.2, 0.25) is 0 Å². The maximum absolute atomic E-state index is 12.8. The Kier molecular flexibility index (Phi) is 4.24. The number of hydrogen-bond acceptors (Lipinski definition) is 8. The van der Waals surface area contributed by atoms with Gasteiger partial charge in [0.05, 0.1) is 11.7 Å². The van der Waals surface area contributed by atoms with Crippen LogP contribution in [0.15, 0.2) is 33.5 Å². The molecular formula is C21H22O8. The topological polar surface area (TPSA) is 105 Å². The van der Waals surface area contributed by atoms with E-state index in [1.807, 2.05) is 0 Å². The summed E-state index contributed by atoms with van der Waals surface area (Å²) in [7, 11) is 0. The first-order valence-corrected chi connectivity index (χ1v) is 9.35. The normalized spacial score (nSPS) is 29.5. The van der Waals surface area contributed by atoms with Crippen LogP contribution in [0.25, 0.3) is 11.0 Å². The van der Waals surface area contributed by atoms with Gasteiger partial charge in [0.15, 0.2) is 17.8 Å². The number of esters is 2. The summed E-state index contributed by atoms with van der Waals surface area (Å²) in [6.07, 6.45) is -2.31. The molecule has 0 unspecified atom stereocenters. The summed E-state index contributed by atoms with van der Waals surface area (Å²) in [4.78, 5) is 36.5. The lowest BCUT2D eigenvalue weighted by Crippen LogP contribution is -2.52. The van der Waals surface area contributed by atoms with Gasteiger partial charge >= 0.3 is 17.6 Å². The van der Waals surface area contributed by atoms with Gasteiger partial charge in [0.25, 0.3) is 0 Å². The summed E-state index contributed by atoms with van der Waals surface area (Å²) in [5, 5.41) is 0.622. The van der Waals surface area contributed by atoms with Gasteiger partial charge < -0.3 is 23.4 Å². The molecule has 8 heteroatoms. The molecule has 0 bridgehead atoms. The van der Waals surface area contributed by atoms with Gasteiger partial charge in [0.1, 0.15) is 16.9 Å². The van der Waals surface area contributed by atoms with E-state index in [0.717, 1.165) is 0 Å². The zero-order valence-corrected chi connectivity index (χ0v) is 16.8. The van der Waals surface area contributed by atoms with Gasteiger partial charge in [-0.05, 0) is 45.9 Å². The highest BCUT2D eigenvalue weighted by molar-refractivity contribution is 5.86. The molecule has 4 atom stereocenters. The van der Waals surface area contributed by atoms with E-state index in [4.69, 9.17) is 23.4 Å². The molecule has 1 aromatic heterocycles. The molecule has 29 heavy (non-hydrogen) atoms. The Morgan fingerprint density at radius 1 is 1.07 bits per heavy atom. The second-order valence-corrected chi connectivity index (χ2v) is 8.08. The minimum Gasteiger partial charge on any atom is -0.483 e. The first-order chi connectivity index (χ1) is 13.5. The van der Waals surface area contributed by atoms with Gasteiger partial charge in [-0.2, -0.15) is 0 Å². The van der Waals surface area contributed by atoms with Gasteiger partial charge in [-0.25, -0.2) is 9.59 Å². The average Bonchev–Trinajstić information content (AvgIpc) is 3.25. The molecule has 3 heterocycles. The molecule has 1 saturated heterocycles. The van der Waals surface area contributed by atoms with Crippen molar-refractivity contribution in [1.29, 1.82) is 0 Å². The van der Waals surface area contributed by atoms with Crippen LogP contribution in [0.4, 0.5) is 0 Å². The smallest absolute Gasteiger partial charge is 0.341 e. The van der Waals surface area contributed by atoms with Gasteiger partial charge in [-0.1, -0.05) is 0 Å². The predicted molar refractivity (Wildman–Crippen MR) is 101 cm³/mol. The SMILES string of the molecule is CC(=O)O[C@@H]1[C@H](OC(=O)[C@]2(C)O[C@@H]2C)c2c(ccc3ccc(=O)oc23)OC1(C)C. The molecule has 1 aromatic carbocycles. The lowest BCUT2D eigenvalue weighted by molar-refractivity contribution is -0.191. The highest BCUT2D eigenvalue weighted by Crippen LogP contribution is 2.48. The molecule has 2 aromatic rings. The summed E-state index contributed by atoms with van der Waals surface area (Å²) in [6, 6.07) is 6.36. The van der Waals surface area contributed by atoms with E-state index >= 15 is 0 Å². The van der Waals surface area contributed by atoms with Crippen molar-refractivity contribution in [2.75, 3.05) is 0 Å². The fourth-order valence-electron chi connectivity index (χ4n) is 3.63. The van der Waals surface area contributed by atoms with E-state index in [9.17, 15) is 14.4 Å². The molecule has 0 amide bonds. The molecule has 0 aliphatic carbocycles. The summed E-state index contributed by atoms with van der Waals surface area (Å²) >= 11 is 0. The van der Waals surface area contributed by atoms with Crippen LogP contribution in [0, 0.1) is 0 Å². The molecule has 2 aliphatic rings. The monoisotopic (exact) mass is 402 g/mol. The van der Waals surface area contributed by atoms with Crippen molar-refractivity contribution in [3.8, 4) is 5.75 Å². The third-order valence-corrected chi connectivity index (χ3v) is 5.48. The predicted octanol–water partition coefficient (Wildman–Crippen LogP) is 2.66. The van der Waals surface area contributed by atoms with Crippen molar-refractivity contribution in [3.05, 3.63) is 40.2 Å². The van der Waals surface area contributed by atoms with E-state index < -0.39 is 41.0 Å². The van der Waals surface area contributed by atoms with Crippen LogP contribution in [0.5, 0.6) is 5.75 Å². The number of hydrogen-bond donors (Lipinski definition) is 0. The van der Waals surface area contributed by atoms with Crippen LogP contribution in [0.3, 0.4) is 0 Å². The Morgan fingerprint density at radius 2 is 1.72 bits per heavy atom. The number of ether oxygens (including phenoxy) is 4. The molecule has 8 nitrogen and oxygen atoms in total. The number of fused-ring (bicyclic) bond motifs is 3. The highest BCUT2D eigenvalue weighted by Gasteiger charge is 2.59. The summed E-state index contributed by atoms with van der Waals surface area (Å²) in [5.41, 5.74) is -2.08. The van der Waals surface area contributed by atoms with Crippen LogP contribution < -0.4 is 10.4 Å². The van der Waals surface area contributed by atoms with E-state index in [1.54, 1.807) is 45.9 Å². The Morgan fingerprint density at radius 3 is 2.34 bits per heavy atom. The molecule has 154 valence electrons. The van der Waals surface area contributed by atoms with E-state index in [-0.39, 0.29) is 11.7 Å². The van der Waals surface area contributed by atoms with Crippen molar-refractivity contribution >= 4 is 22.9 Å². The molecule has 4 rings (SSSR count). The number of carbonyl (C=O) groups is 2. The lowest BCUT2D eigenvalue weighted by Gasteiger charge is -2.43. The molecule has 0 radical (unpaired) electrons. The highest BCUT2D eigenvalue weighted by atomic mass is 16.7. The van der Waals surface area contributed by atoms with Crippen molar-refractivity contribution in [1.82, 2.24) is 0 Å². The largest absolute Gasteiger partial charge is 0.483 e. The number of epoxide rings is 1. The van der Waals surface area contributed by atoms with Crippen LogP contribution in [-0.4, -0.2) is 35.3 Å². The Labute approximate surface area is 166 Å². The van der Waals surface area contributed by atoms with Crippen molar-refractivity contribution < 1.29 is 33.0 Å². The second-order valence-electron chi connectivity index (χ2n) is 8.08. The van der Waals surface area contributed by atoms with Crippen LogP contribution in [0.1, 0.15) is 46.3 Å². The standard InChI is InChI=1S/C21H22O8/c1-10-21(5,28-10)19(24)27-17-15-13(29-20(3,4)18(17)25-11(2)22)8-6-12-7-9-14(23)26-16(12)15/h6-10,17-18H,1-5H3/t10-,17-,18-,21-/m1/s1. The molecular weight excluding hydrogens is 380 g/mol.